The Morgan fingerprint density at radius 2 is 1.59 bits per heavy atom. The SMILES string of the molecule is CC(C)C[C@@H](NC(=O)/C=C/c1ccccc1)c1ccccc1. The van der Waals surface area contributed by atoms with Crippen molar-refractivity contribution in [2.75, 3.05) is 0 Å². The Hall–Kier alpha value is -2.35. The number of hydrogen-bond acceptors (Lipinski definition) is 1. The van der Waals surface area contributed by atoms with E-state index in [9.17, 15) is 4.79 Å². The van der Waals surface area contributed by atoms with Crippen molar-refractivity contribution < 1.29 is 4.79 Å². The van der Waals surface area contributed by atoms with Gasteiger partial charge in [-0.2, -0.15) is 0 Å². The fourth-order valence-electron chi connectivity index (χ4n) is 2.39. The minimum atomic E-state index is -0.0571. The Morgan fingerprint density at radius 3 is 2.18 bits per heavy atom. The molecule has 0 unspecified atom stereocenters. The van der Waals surface area contributed by atoms with Crippen molar-refractivity contribution in [2.24, 2.45) is 5.92 Å². The molecule has 1 N–H and O–H groups in total. The van der Waals surface area contributed by atoms with E-state index in [1.54, 1.807) is 6.08 Å². The predicted molar refractivity (Wildman–Crippen MR) is 92.3 cm³/mol. The van der Waals surface area contributed by atoms with Crippen LogP contribution in [0.1, 0.15) is 37.4 Å². The number of amides is 1. The zero-order valence-corrected chi connectivity index (χ0v) is 13.2. The fraction of sp³-hybridized carbons (Fsp3) is 0.250. The first-order valence-corrected chi connectivity index (χ1v) is 7.73. The zero-order valence-electron chi connectivity index (χ0n) is 13.2. The van der Waals surface area contributed by atoms with Crippen molar-refractivity contribution in [2.45, 2.75) is 26.3 Å². The summed E-state index contributed by atoms with van der Waals surface area (Å²) in [4.78, 5) is 12.2. The predicted octanol–water partition coefficient (Wildman–Crippen LogP) is 4.60. The van der Waals surface area contributed by atoms with Gasteiger partial charge in [0.2, 0.25) is 5.91 Å². The average molecular weight is 293 g/mol. The van der Waals surface area contributed by atoms with Crippen molar-refractivity contribution in [3.63, 3.8) is 0 Å². The minimum Gasteiger partial charge on any atom is -0.346 e. The molecule has 114 valence electrons. The highest BCUT2D eigenvalue weighted by Gasteiger charge is 2.14. The van der Waals surface area contributed by atoms with Crippen LogP contribution in [0.3, 0.4) is 0 Å². The van der Waals surface area contributed by atoms with Gasteiger partial charge >= 0.3 is 0 Å². The molecule has 0 fully saturated rings. The smallest absolute Gasteiger partial charge is 0.244 e. The molecule has 0 aliphatic rings. The largest absolute Gasteiger partial charge is 0.346 e. The maximum atomic E-state index is 12.2. The summed E-state index contributed by atoms with van der Waals surface area (Å²) >= 11 is 0. The van der Waals surface area contributed by atoms with E-state index in [1.165, 1.54) is 0 Å². The van der Waals surface area contributed by atoms with E-state index in [0.717, 1.165) is 17.5 Å². The molecule has 1 amide bonds. The zero-order chi connectivity index (χ0) is 15.8. The summed E-state index contributed by atoms with van der Waals surface area (Å²) < 4.78 is 0. The summed E-state index contributed by atoms with van der Waals surface area (Å²) in [6.45, 7) is 4.34. The van der Waals surface area contributed by atoms with Gasteiger partial charge in [0.25, 0.3) is 0 Å². The number of rotatable bonds is 6. The minimum absolute atomic E-state index is 0.0501. The second-order valence-electron chi connectivity index (χ2n) is 5.85. The van der Waals surface area contributed by atoms with Crippen molar-refractivity contribution >= 4 is 12.0 Å². The third kappa shape index (κ3) is 5.21. The van der Waals surface area contributed by atoms with Gasteiger partial charge in [-0.05, 0) is 29.5 Å². The molecule has 0 aromatic heterocycles. The van der Waals surface area contributed by atoms with Gasteiger partial charge in [0.05, 0.1) is 6.04 Å². The highest BCUT2D eigenvalue weighted by atomic mass is 16.1. The van der Waals surface area contributed by atoms with E-state index in [4.69, 9.17) is 0 Å². The molecule has 2 heteroatoms. The van der Waals surface area contributed by atoms with Crippen LogP contribution in [-0.4, -0.2) is 5.91 Å². The molecule has 2 rings (SSSR count). The average Bonchev–Trinajstić information content (AvgIpc) is 2.54. The van der Waals surface area contributed by atoms with Gasteiger partial charge < -0.3 is 5.32 Å². The lowest BCUT2D eigenvalue weighted by atomic mass is 9.97. The lowest BCUT2D eigenvalue weighted by Crippen LogP contribution is -2.27. The molecule has 2 nitrogen and oxygen atoms in total. The third-order valence-electron chi connectivity index (χ3n) is 3.45. The van der Waals surface area contributed by atoms with E-state index in [-0.39, 0.29) is 11.9 Å². The molecule has 1 atom stereocenters. The quantitative estimate of drug-likeness (QED) is 0.775. The van der Waals surface area contributed by atoms with Crippen LogP contribution in [0.25, 0.3) is 6.08 Å². The topological polar surface area (TPSA) is 29.1 Å². The molecule has 0 spiro atoms. The van der Waals surface area contributed by atoms with Gasteiger partial charge in [0, 0.05) is 6.08 Å². The van der Waals surface area contributed by atoms with Crippen LogP contribution in [0, 0.1) is 5.92 Å². The van der Waals surface area contributed by atoms with Crippen LogP contribution < -0.4 is 5.32 Å². The van der Waals surface area contributed by atoms with Gasteiger partial charge in [-0.3, -0.25) is 4.79 Å². The van der Waals surface area contributed by atoms with Crippen LogP contribution in [0.4, 0.5) is 0 Å². The summed E-state index contributed by atoms with van der Waals surface area (Å²) in [6, 6.07) is 20.0. The molecule has 22 heavy (non-hydrogen) atoms. The van der Waals surface area contributed by atoms with Crippen LogP contribution in [-0.2, 0) is 4.79 Å². The van der Waals surface area contributed by atoms with Crippen molar-refractivity contribution in [3.05, 3.63) is 77.9 Å². The Morgan fingerprint density at radius 1 is 1.00 bits per heavy atom. The highest BCUT2D eigenvalue weighted by molar-refractivity contribution is 5.91. The first kappa shape index (κ1) is 16.0. The van der Waals surface area contributed by atoms with Crippen molar-refractivity contribution in [1.82, 2.24) is 5.32 Å². The summed E-state index contributed by atoms with van der Waals surface area (Å²) in [7, 11) is 0. The standard InChI is InChI=1S/C20H23NO/c1-16(2)15-19(18-11-7-4-8-12-18)21-20(22)14-13-17-9-5-3-6-10-17/h3-14,16,19H,15H2,1-2H3,(H,21,22)/b14-13+/t19-/m1/s1. The maximum absolute atomic E-state index is 12.2. The third-order valence-corrected chi connectivity index (χ3v) is 3.45. The molecule has 0 radical (unpaired) electrons. The summed E-state index contributed by atoms with van der Waals surface area (Å²) in [5.41, 5.74) is 2.18. The van der Waals surface area contributed by atoms with Gasteiger partial charge in [-0.15, -0.1) is 0 Å². The normalized spacial score (nSPS) is 12.5. The Balaban J connectivity index is 2.04. The van der Waals surface area contributed by atoms with E-state index in [1.807, 2.05) is 54.6 Å². The van der Waals surface area contributed by atoms with Crippen molar-refractivity contribution in [3.8, 4) is 0 Å². The fourth-order valence-corrected chi connectivity index (χ4v) is 2.39. The second kappa shape index (κ2) is 8.18. The lowest BCUT2D eigenvalue weighted by molar-refractivity contribution is -0.117. The first-order chi connectivity index (χ1) is 10.6. The van der Waals surface area contributed by atoms with Gasteiger partial charge in [0.1, 0.15) is 0 Å². The summed E-state index contributed by atoms with van der Waals surface area (Å²) in [6.07, 6.45) is 4.37. The molecule has 0 aliphatic carbocycles. The summed E-state index contributed by atoms with van der Waals surface area (Å²) in [5, 5.41) is 3.11. The van der Waals surface area contributed by atoms with E-state index in [0.29, 0.717) is 5.92 Å². The molecule has 2 aromatic carbocycles. The van der Waals surface area contributed by atoms with Crippen LogP contribution in [0.2, 0.25) is 0 Å². The molecule has 0 bridgehead atoms. The molecule has 0 saturated carbocycles. The number of hydrogen-bond donors (Lipinski definition) is 1. The monoisotopic (exact) mass is 293 g/mol. The number of benzene rings is 2. The Labute approximate surface area is 132 Å². The van der Waals surface area contributed by atoms with Crippen LogP contribution in [0.15, 0.2) is 66.7 Å². The maximum Gasteiger partial charge on any atom is 0.244 e. The molecule has 0 aliphatic heterocycles. The number of carbonyl (C=O) groups excluding carboxylic acids is 1. The molecular weight excluding hydrogens is 270 g/mol. The van der Waals surface area contributed by atoms with E-state index in [2.05, 4.69) is 31.3 Å². The molecule has 0 saturated heterocycles. The van der Waals surface area contributed by atoms with E-state index < -0.39 is 0 Å². The summed E-state index contributed by atoms with van der Waals surface area (Å²) in [5.74, 6) is 0.460. The molecular formula is C20H23NO. The van der Waals surface area contributed by atoms with Crippen LogP contribution in [0.5, 0.6) is 0 Å². The first-order valence-electron chi connectivity index (χ1n) is 7.73. The van der Waals surface area contributed by atoms with E-state index >= 15 is 0 Å². The second-order valence-corrected chi connectivity index (χ2v) is 5.85. The van der Waals surface area contributed by atoms with Gasteiger partial charge in [-0.25, -0.2) is 0 Å². The molecule has 2 aromatic rings. The number of carbonyl (C=O) groups is 1. The lowest BCUT2D eigenvalue weighted by Gasteiger charge is -2.20. The highest BCUT2D eigenvalue weighted by Crippen LogP contribution is 2.21. The number of nitrogens with one attached hydrogen (secondary N) is 1. The Bertz CT molecular complexity index is 602. The van der Waals surface area contributed by atoms with Crippen molar-refractivity contribution in [1.29, 1.82) is 0 Å². The van der Waals surface area contributed by atoms with Gasteiger partial charge in [-0.1, -0.05) is 74.5 Å². The van der Waals surface area contributed by atoms with Gasteiger partial charge in [0.15, 0.2) is 0 Å². The Kier molecular flexibility index (Phi) is 5.96. The molecule has 0 heterocycles. The van der Waals surface area contributed by atoms with Crippen LogP contribution >= 0.6 is 0 Å².